The summed E-state index contributed by atoms with van der Waals surface area (Å²) in [7, 11) is 0. The van der Waals surface area contributed by atoms with E-state index in [2.05, 4.69) is 6.58 Å². The molecule has 2 aromatic rings. The van der Waals surface area contributed by atoms with Crippen molar-refractivity contribution in [2.45, 2.75) is 12.3 Å². The van der Waals surface area contributed by atoms with Gasteiger partial charge in [0.1, 0.15) is 5.92 Å². The maximum Gasteiger partial charge on any atom is 0.316 e. The summed E-state index contributed by atoms with van der Waals surface area (Å²) in [5.41, 5.74) is 1.03. The molecule has 0 heterocycles. The van der Waals surface area contributed by atoms with Crippen molar-refractivity contribution in [1.82, 2.24) is 6.15 Å². The van der Waals surface area contributed by atoms with Crippen LogP contribution in [0, 0.1) is 0 Å². The summed E-state index contributed by atoms with van der Waals surface area (Å²) >= 11 is 0. The molecule has 4 N–H and O–H groups in total. The summed E-state index contributed by atoms with van der Waals surface area (Å²) in [5, 5.41) is 10.5. The van der Waals surface area contributed by atoms with Gasteiger partial charge in [0, 0.05) is 0 Å². The molecular formula is C15H15F2NO2. The minimum Gasteiger partial charge on any atom is -0.481 e. The Kier molecular flexibility index (Phi) is 4.94. The van der Waals surface area contributed by atoms with Crippen LogP contribution in [0.4, 0.5) is 8.78 Å². The number of halogens is 2. The van der Waals surface area contributed by atoms with Crippen LogP contribution in [0.25, 0.3) is 16.8 Å². The molecule has 0 saturated heterocycles. The molecule has 3 nitrogen and oxygen atoms in total. The van der Waals surface area contributed by atoms with Gasteiger partial charge in [-0.3, -0.25) is 4.79 Å². The van der Waals surface area contributed by atoms with Gasteiger partial charge in [-0.1, -0.05) is 43.0 Å². The Bertz CT molecular complexity index is 641. The number of benzene rings is 2. The maximum atomic E-state index is 12.8. The van der Waals surface area contributed by atoms with Crippen molar-refractivity contribution in [3.63, 3.8) is 0 Å². The van der Waals surface area contributed by atoms with Gasteiger partial charge in [0.25, 0.3) is 6.43 Å². The van der Waals surface area contributed by atoms with Crippen molar-refractivity contribution in [3.05, 3.63) is 54.1 Å². The fourth-order valence-electron chi connectivity index (χ4n) is 2.00. The van der Waals surface area contributed by atoms with Gasteiger partial charge >= 0.3 is 5.97 Å². The molecule has 0 aliphatic heterocycles. The third kappa shape index (κ3) is 3.00. The number of carbonyl (C=O) groups is 1. The lowest BCUT2D eigenvalue weighted by molar-refractivity contribution is -0.142. The molecule has 0 saturated carbocycles. The summed E-state index contributed by atoms with van der Waals surface area (Å²) in [4.78, 5) is 10.9. The number of carboxylic acids is 1. The van der Waals surface area contributed by atoms with Gasteiger partial charge in [-0.25, -0.2) is 8.78 Å². The van der Waals surface area contributed by atoms with Crippen LogP contribution in [0.3, 0.4) is 0 Å². The van der Waals surface area contributed by atoms with Crippen LogP contribution < -0.4 is 6.15 Å². The lowest BCUT2D eigenvalue weighted by atomic mass is 9.96. The molecule has 106 valence electrons. The predicted octanol–water partition coefficient (Wildman–Crippen LogP) is 4.08. The summed E-state index contributed by atoms with van der Waals surface area (Å²) in [5.74, 6) is -3.31. The Labute approximate surface area is 115 Å². The SMILES string of the molecule is C=Cc1ccc2cc(C(C(=O)O)C(F)F)ccc2c1.N. The summed E-state index contributed by atoms with van der Waals surface area (Å²) < 4.78 is 25.5. The second kappa shape index (κ2) is 6.25. The van der Waals surface area contributed by atoms with Crippen molar-refractivity contribution in [1.29, 1.82) is 0 Å². The molecule has 0 aliphatic carbocycles. The third-order valence-electron chi connectivity index (χ3n) is 3.00. The molecule has 1 unspecified atom stereocenters. The smallest absolute Gasteiger partial charge is 0.316 e. The highest BCUT2D eigenvalue weighted by Gasteiger charge is 2.29. The van der Waals surface area contributed by atoms with Gasteiger partial charge in [-0.2, -0.15) is 0 Å². The number of alkyl halides is 2. The van der Waals surface area contributed by atoms with Crippen molar-refractivity contribution in [2.24, 2.45) is 0 Å². The van der Waals surface area contributed by atoms with E-state index in [0.29, 0.717) is 0 Å². The number of rotatable bonds is 4. The van der Waals surface area contributed by atoms with Crippen LogP contribution in [0.15, 0.2) is 43.0 Å². The van der Waals surface area contributed by atoms with Crippen molar-refractivity contribution < 1.29 is 18.7 Å². The molecule has 5 heteroatoms. The topological polar surface area (TPSA) is 72.3 Å². The van der Waals surface area contributed by atoms with Gasteiger partial charge in [0.2, 0.25) is 0 Å². The summed E-state index contributed by atoms with van der Waals surface area (Å²) in [6, 6.07) is 10.0. The number of carboxylic acid groups (broad SMARTS) is 1. The van der Waals surface area contributed by atoms with E-state index in [1.807, 2.05) is 6.07 Å². The zero-order chi connectivity index (χ0) is 14.0. The Balaban J connectivity index is 0.00000200. The molecule has 2 rings (SSSR count). The minimum atomic E-state index is -2.93. The number of hydrogen-bond donors (Lipinski definition) is 2. The third-order valence-corrected chi connectivity index (χ3v) is 3.00. The summed E-state index contributed by atoms with van der Waals surface area (Å²) in [6.07, 6.45) is -1.24. The largest absolute Gasteiger partial charge is 0.481 e. The molecule has 20 heavy (non-hydrogen) atoms. The van der Waals surface area contributed by atoms with Crippen LogP contribution in [-0.4, -0.2) is 17.5 Å². The molecule has 0 bridgehead atoms. The molecule has 0 fully saturated rings. The first-order valence-electron chi connectivity index (χ1n) is 5.70. The van der Waals surface area contributed by atoms with Crippen LogP contribution >= 0.6 is 0 Å². The van der Waals surface area contributed by atoms with E-state index >= 15 is 0 Å². The van der Waals surface area contributed by atoms with Crippen LogP contribution in [0.2, 0.25) is 0 Å². The first kappa shape index (κ1) is 15.8. The Hall–Kier alpha value is -2.27. The van der Waals surface area contributed by atoms with E-state index < -0.39 is 18.3 Å². The van der Waals surface area contributed by atoms with Gasteiger partial charge in [0.15, 0.2) is 0 Å². The van der Waals surface area contributed by atoms with Gasteiger partial charge in [-0.05, 0) is 28.0 Å². The highest BCUT2D eigenvalue weighted by atomic mass is 19.3. The van der Waals surface area contributed by atoms with Gasteiger partial charge in [0.05, 0.1) is 0 Å². The van der Waals surface area contributed by atoms with E-state index in [0.717, 1.165) is 16.3 Å². The van der Waals surface area contributed by atoms with Gasteiger partial charge < -0.3 is 11.3 Å². The molecule has 0 spiro atoms. The average molecular weight is 279 g/mol. The highest BCUT2D eigenvalue weighted by molar-refractivity contribution is 5.87. The maximum absolute atomic E-state index is 12.8. The zero-order valence-corrected chi connectivity index (χ0v) is 10.7. The molecule has 0 aromatic heterocycles. The Morgan fingerprint density at radius 3 is 2.30 bits per heavy atom. The molecule has 2 aromatic carbocycles. The van der Waals surface area contributed by atoms with E-state index in [4.69, 9.17) is 5.11 Å². The Morgan fingerprint density at radius 2 is 1.75 bits per heavy atom. The van der Waals surface area contributed by atoms with Crippen LogP contribution in [0.1, 0.15) is 17.0 Å². The normalized spacial score (nSPS) is 11.9. The zero-order valence-electron chi connectivity index (χ0n) is 10.7. The minimum absolute atomic E-state index is 0. The lowest BCUT2D eigenvalue weighted by Gasteiger charge is -2.12. The van der Waals surface area contributed by atoms with E-state index in [9.17, 15) is 13.6 Å². The molecule has 0 amide bonds. The highest BCUT2D eigenvalue weighted by Crippen LogP contribution is 2.27. The number of aliphatic carboxylic acids is 1. The molecule has 1 atom stereocenters. The molecular weight excluding hydrogens is 264 g/mol. The van der Waals surface area contributed by atoms with Crippen molar-refractivity contribution in [2.75, 3.05) is 0 Å². The fraction of sp³-hybridized carbons (Fsp3) is 0.133. The quantitative estimate of drug-likeness (QED) is 0.885. The standard InChI is InChI=1S/C15H12F2O2.H3N/c1-2-9-3-4-11-8-12(6-5-10(11)7-9)13(14(16)17)15(18)19;/h2-8,13-14H,1H2,(H,18,19);1H3. The second-order valence-electron chi connectivity index (χ2n) is 4.22. The van der Waals surface area contributed by atoms with Crippen molar-refractivity contribution in [3.8, 4) is 0 Å². The first-order chi connectivity index (χ1) is 9.02. The number of fused-ring (bicyclic) bond motifs is 1. The second-order valence-corrected chi connectivity index (χ2v) is 4.22. The van der Waals surface area contributed by atoms with E-state index in [-0.39, 0.29) is 11.7 Å². The van der Waals surface area contributed by atoms with Gasteiger partial charge in [-0.15, -0.1) is 0 Å². The first-order valence-corrected chi connectivity index (χ1v) is 5.70. The summed E-state index contributed by atoms with van der Waals surface area (Å²) in [6.45, 7) is 3.65. The number of hydrogen-bond acceptors (Lipinski definition) is 2. The molecule has 0 radical (unpaired) electrons. The average Bonchev–Trinajstić information content (AvgIpc) is 2.37. The van der Waals surface area contributed by atoms with Crippen LogP contribution in [-0.2, 0) is 4.79 Å². The monoisotopic (exact) mass is 279 g/mol. The Morgan fingerprint density at radius 1 is 1.15 bits per heavy atom. The fourth-order valence-corrected chi connectivity index (χ4v) is 2.00. The predicted molar refractivity (Wildman–Crippen MR) is 75.4 cm³/mol. The lowest BCUT2D eigenvalue weighted by Crippen LogP contribution is -2.19. The van der Waals surface area contributed by atoms with Crippen LogP contribution in [0.5, 0.6) is 0 Å². The van der Waals surface area contributed by atoms with E-state index in [1.165, 1.54) is 12.1 Å². The van der Waals surface area contributed by atoms with E-state index in [1.54, 1.807) is 24.3 Å². The van der Waals surface area contributed by atoms with Crippen molar-refractivity contribution >= 4 is 22.8 Å². The molecule has 0 aliphatic rings.